The van der Waals surface area contributed by atoms with Crippen LogP contribution in [0.3, 0.4) is 0 Å². The summed E-state index contributed by atoms with van der Waals surface area (Å²) in [7, 11) is 0. The monoisotopic (exact) mass is 980 g/mol. The van der Waals surface area contributed by atoms with E-state index in [1.54, 1.807) is 0 Å². The van der Waals surface area contributed by atoms with Crippen LogP contribution in [0.15, 0.2) is 23.8 Å². The predicted molar refractivity (Wildman–Crippen MR) is 283 cm³/mol. The van der Waals surface area contributed by atoms with Crippen molar-refractivity contribution in [2.75, 3.05) is 59.3 Å². The standard InChI is InChI=1S/C61H105NO8/c1-7-8-9-10-11-12-13-14-15-16-17-18-19-20-21-22-40-65-47-52(46-62-38-36-61(37-39-62)68-43-44-69-61)66-41-42-67-57(63)30-31-58(64)70-51-32-34-59(5)50(45-51)26-27-53-55-29-28-54(49(4)25-23-24-48(2)3)60(55,6)35-33-56(53)59/h14-15,26,48-49,51-56H,7-13,16-25,27-47H2,1-6H3/t49-,51+,52?,53+,54?,55?,56?,59+,60-/m1/s1. The molecule has 0 aromatic rings. The second-order valence-corrected chi connectivity index (χ2v) is 24.3. The predicted octanol–water partition coefficient (Wildman–Crippen LogP) is 14.5. The van der Waals surface area contributed by atoms with Gasteiger partial charge in [-0.1, -0.05) is 142 Å². The SMILES string of the molecule is CCCCCCCCC=CCCCCCCCCOCC(CN1CCC2(CC1)OCCO2)OCCOC(=O)CCC(=O)O[C@H]1CC[C@@]2(C)C(=CC[C@H]3C4CCC([C@H](C)CCCC(C)C)[C@@]4(C)CCC32)C1. The normalized spacial score (nSPS) is 29.5. The fourth-order valence-corrected chi connectivity index (χ4v) is 14.6. The molecule has 6 aliphatic rings. The number of nitrogens with zero attached hydrogens (tertiary/aromatic N) is 1. The molecule has 0 N–H and O–H groups in total. The molecule has 6 rings (SSSR count). The van der Waals surface area contributed by atoms with Gasteiger partial charge in [0.15, 0.2) is 5.79 Å². The molecule has 3 saturated carbocycles. The van der Waals surface area contributed by atoms with Crippen LogP contribution in [0.1, 0.15) is 228 Å². The molecule has 2 saturated heterocycles. The summed E-state index contributed by atoms with van der Waals surface area (Å²) < 4.78 is 36.1. The second kappa shape index (κ2) is 29.9. The number of carbonyl (C=O) groups excluding carboxylic acids is 2. The lowest BCUT2D eigenvalue weighted by Gasteiger charge is -2.58. The van der Waals surface area contributed by atoms with E-state index in [-0.39, 0.29) is 49.0 Å². The summed E-state index contributed by atoms with van der Waals surface area (Å²) in [6.45, 7) is 20.3. The van der Waals surface area contributed by atoms with Gasteiger partial charge in [-0.25, -0.2) is 0 Å². The first kappa shape index (κ1) is 57.5. The van der Waals surface area contributed by atoms with Crippen LogP contribution in [-0.4, -0.2) is 94.1 Å². The Kier molecular flexibility index (Phi) is 24.6. The maximum absolute atomic E-state index is 13.1. The van der Waals surface area contributed by atoms with Crippen molar-refractivity contribution in [3.05, 3.63) is 23.8 Å². The van der Waals surface area contributed by atoms with Gasteiger partial charge in [0, 0.05) is 45.5 Å². The molecule has 0 bridgehead atoms. The van der Waals surface area contributed by atoms with Gasteiger partial charge in [-0.3, -0.25) is 9.59 Å². The molecule has 9 nitrogen and oxygen atoms in total. The Bertz CT molecular complexity index is 1560. The molecule has 0 aromatic carbocycles. The first-order chi connectivity index (χ1) is 33.9. The number of unbranched alkanes of at least 4 members (excludes halogenated alkanes) is 12. The Morgan fingerprint density at radius 2 is 1.43 bits per heavy atom. The maximum Gasteiger partial charge on any atom is 0.306 e. The average Bonchev–Trinajstić information content (AvgIpc) is 3.96. The van der Waals surface area contributed by atoms with E-state index in [0.717, 1.165) is 100 Å². The lowest BCUT2D eigenvalue weighted by atomic mass is 9.47. The van der Waals surface area contributed by atoms with Crippen molar-refractivity contribution in [1.29, 1.82) is 0 Å². The van der Waals surface area contributed by atoms with Crippen molar-refractivity contribution < 1.29 is 38.0 Å². The molecule has 5 fully saturated rings. The van der Waals surface area contributed by atoms with E-state index in [9.17, 15) is 9.59 Å². The Balaban J connectivity index is 0.837. The second-order valence-electron chi connectivity index (χ2n) is 24.3. The van der Waals surface area contributed by atoms with E-state index in [1.807, 2.05) is 0 Å². The third-order valence-electron chi connectivity index (χ3n) is 18.8. The van der Waals surface area contributed by atoms with Crippen LogP contribution in [0.4, 0.5) is 0 Å². The number of allylic oxidation sites excluding steroid dienone is 3. The van der Waals surface area contributed by atoms with Crippen molar-refractivity contribution in [1.82, 2.24) is 4.90 Å². The minimum Gasteiger partial charge on any atom is -0.463 e. The number of carbonyl (C=O) groups is 2. The number of hydrogen-bond acceptors (Lipinski definition) is 9. The smallest absolute Gasteiger partial charge is 0.306 e. The van der Waals surface area contributed by atoms with Crippen LogP contribution in [0, 0.1) is 46.3 Å². The molecule has 9 atom stereocenters. The number of piperidine rings is 1. The third-order valence-corrected chi connectivity index (χ3v) is 18.8. The van der Waals surface area contributed by atoms with Gasteiger partial charge in [-0.05, 0) is 123 Å². The highest BCUT2D eigenvalue weighted by molar-refractivity contribution is 5.77. The van der Waals surface area contributed by atoms with Gasteiger partial charge in [0.05, 0.1) is 45.4 Å². The van der Waals surface area contributed by atoms with E-state index >= 15 is 0 Å². The number of hydrogen-bond donors (Lipinski definition) is 0. The number of rotatable bonds is 33. The van der Waals surface area contributed by atoms with E-state index < -0.39 is 5.79 Å². The molecule has 4 aliphatic carbocycles. The average molecular weight is 981 g/mol. The molecule has 1 spiro atoms. The van der Waals surface area contributed by atoms with Crippen LogP contribution in [0.2, 0.25) is 0 Å². The maximum atomic E-state index is 13.1. The highest BCUT2D eigenvalue weighted by Gasteiger charge is 2.59. The zero-order valence-electron chi connectivity index (χ0n) is 45.9. The Labute approximate surface area is 428 Å². The minimum atomic E-state index is -0.411. The van der Waals surface area contributed by atoms with Crippen molar-refractivity contribution in [3.63, 3.8) is 0 Å². The largest absolute Gasteiger partial charge is 0.463 e. The molecule has 4 unspecified atom stereocenters. The molecular formula is C61H105NO8. The Hall–Kier alpha value is -1.78. The van der Waals surface area contributed by atoms with Gasteiger partial charge in [0.25, 0.3) is 0 Å². The first-order valence-corrected chi connectivity index (χ1v) is 29.8. The lowest BCUT2D eigenvalue weighted by Crippen LogP contribution is -2.51. The quantitative estimate of drug-likeness (QED) is 0.0362. The lowest BCUT2D eigenvalue weighted by molar-refractivity contribution is -0.187. The van der Waals surface area contributed by atoms with Gasteiger partial charge < -0.3 is 33.3 Å². The first-order valence-electron chi connectivity index (χ1n) is 29.8. The van der Waals surface area contributed by atoms with Crippen LogP contribution in [0.25, 0.3) is 0 Å². The van der Waals surface area contributed by atoms with Crippen molar-refractivity contribution in [2.45, 2.75) is 246 Å². The summed E-state index contributed by atoms with van der Waals surface area (Å²) in [5, 5.41) is 0. The van der Waals surface area contributed by atoms with E-state index in [0.29, 0.717) is 31.8 Å². The fraction of sp³-hybridized carbons (Fsp3) is 0.902. The number of ether oxygens (including phenoxy) is 6. The number of fused-ring (bicyclic) bond motifs is 5. The van der Waals surface area contributed by atoms with Gasteiger partial charge in [0.1, 0.15) is 12.7 Å². The molecule has 2 aliphatic heterocycles. The highest BCUT2D eigenvalue weighted by Crippen LogP contribution is 2.67. The van der Waals surface area contributed by atoms with Crippen LogP contribution in [0.5, 0.6) is 0 Å². The Morgan fingerprint density at radius 3 is 2.14 bits per heavy atom. The third kappa shape index (κ3) is 17.4. The molecule has 0 radical (unpaired) electrons. The molecule has 2 heterocycles. The minimum absolute atomic E-state index is 0.0236. The highest BCUT2D eigenvalue weighted by atomic mass is 16.7. The molecule has 402 valence electrons. The van der Waals surface area contributed by atoms with E-state index in [1.165, 1.54) is 140 Å². The van der Waals surface area contributed by atoms with Crippen LogP contribution in [-0.2, 0) is 38.0 Å². The molecular weight excluding hydrogens is 875 g/mol. The summed E-state index contributed by atoms with van der Waals surface area (Å²) in [5.41, 5.74) is 2.23. The molecule has 0 amide bonds. The number of esters is 2. The van der Waals surface area contributed by atoms with Gasteiger partial charge in [-0.2, -0.15) is 0 Å². The van der Waals surface area contributed by atoms with Gasteiger partial charge in [0.2, 0.25) is 0 Å². The van der Waals surface area contributed by atoms with Gasteiger partial charge >= 0.3 is 11.9 Å². The summed E-state index contributed by atoms with van der Waals surface area (Å²) in [6.07, 6.45) is 40.7. The van der Waals surface area contributed by atoms with E-state index in [2.05, 4.69) is 64.7 Å². The zero-order valence-corrected chi connectivity index (χ0v) is 45.9. The Morgan fingerprint density at radius 1 is 0.743 bits per heavy atom. The topological polar surface area (TPSA) is 92.8 Å². The summed E-state index contributed by atoms with van der Waals surface area (Å²) in [4.78, 5) is 28.3. The fourth-order valence-electron chi connectivity index (χ4n) is 14.6. The van der Waals surface area contributed by atoms with Crippen molar-refractivity contribution in [2.24, 2.45) is 46.3 Å². The summed E-state index contributed by atoms with van der Waals surface area (Å²) in [5.74, 6) is 3.79. The number of likely N-dealkylation sites (tertiary alicyclic amines) is 1. The molecule has 0 aromatic heterocycles. The van der Waals surface area contributed by atoms with Crippen LogP contribution < -0.4 is 0 Å². The van der Waals surface area contributed by atoms with Gasteiger partial charge in [-0.15, -0.1) is 0 Å². The summed E-state index contributed by atoms with van der Waals surface area (Å²) >= 11 is 0. The van der Waals surface area contributed by atoms with Crippen molar-refractivity contribution >= 4 is 11.9 Å². The van der Waals surface area contributed by atoms with Crippen LogP contribution >= 0.6 is 0 Å². The van der Waals surface area contributed by atoms with E-state index in [4.69, 9.17) is 28.4 Å². The molecule has 9 heteroatoms. The zero-order chi connectivity index (χ0) is 49.7. The van der Waals surface area contributed by atoms with Crippen molar-refractivity contribution in [3.8, 4) is 0 Å². The summed E-state index contributed by atoms with van der Waals surface area (Å²) in [6, 6.07) is 0. The molecule has 70 heavy (non-hydrogen) atoms.